The van der Waals surface area contributed by atoms with E-state index in [1.165, 1.54) is 0 Å². The molecule has 0 unspecified atom stereocenters. The molecule has 0 atom stereocenters. The first-order valence-electron chi connectivity index (χ1n) is 6.03. The summed E-state index contributed by atoms with van der Waals surface area (Å²) in [5.74, 6) is -1.26. The quantitative estimate of drug-likeness (QED) is 0.657. The van der Waals surface area contributed by atoms with Gasteiger partial charge in [0.15, 0.2) is 0 Å². The van der Waals surface area contributed by atoms with Crippen molar-refractivity contribution in [1.29, 1.82) is 0 Å². The van der Waals surface area contributed by atoms with Crippen LogP contribution >= 0.6 is 12.4 Å². The number of halogens is 2. The summed E-state index contributed by atoms with van der Waals surface area (Å²) in [6.07, 6.45) is 1.59. The predicted octanol–water partition coefficient (Wildman–Crippen LogP) is 1.64. The summed E-state index contributed by atoms with van der Waals surface area (Å²) in [4.78, 5) is 21.8. The van der Waals surface area contributed by atoms with E-state index in [1.54, 1.807) is 0 Å². The van der Waals surface area contributed by atoms with Gasteiger partial charge >= 0.3 is 0 Å². The highest BCUT2D eigenvalue weighted by atomic mass is 35.5. The van der Waals surface area contributed by atoms with Crippen molar-refractivity contribution in [3.63, 3.8) is 0 Å². The number of benzene rings is 1. The second-order valence-electron chi connectivity index (χ2n) is 4.45. The second-order valence-corrected chi connectivity index (χ2v) is 4.45. The lowest BCUT2D eigenvalue weighted by Gasteiger charge is -2.23. The zero-order chi connectivity index (χ0) is 13.8. The van der Waals surface area contributed by atoms with Gasteiger partial charge in [-0.2, -0.15) is 0 Å². The minimum Gasteiger partial charge on any atom is -0.349 e. The lowest BCUT2D eigenvalue weighted by atomic mass is 10.1. The molecule has 0 spiro atoms. The van der Waals surface area contributed by atoms with Crippen LogP contribution in [0.3, 0.4) is 0 Å². The Morgan fingerprint density at radius 1 is 1.35 bits per heavy atom. The SMILES string of the molecule is Cl.O=C(NC1CCNCC1)c1cc(F)cc([N+](=O)[O-])c1. The summed E-state index contributed by atoms with van der Waals surface area (Å²) in [6, 6.07) is 2.90. The maximum Gasteiger partial charge on any atom is 0.273 e. The van der Waals surface area contributed by atoms with Crippen LogP contribution in [0.1, 0.15) is 23.2 Å². The van der Waals surface area contributed by atoms with Gasteiger partial charge in [0.1, 0.15) is 5.82 Å². The van der Waals surface area contributed by atoms with Crippen LogP contribution in [0.2, 0.25) is 0 Å². The van der Waals surface area contributed by atoms with Crippen molar-refractivity contribution in [2.75, 3.05) is 13.1 Å². The number of rotatable bonds is 3. The van der Waals surface area contributed by atoms with Gasteiger partial charge in [0, 0.05) is 17.7 Å². The highest BCUT2D eigenvalue weighted by Gasteiger charge is 2.19. The van der Waals surface area contributed by atoms with E-state index < -0.39 is 22.3 Å². The molecule has 8 heteroatoms. The highest BCUT2D eigenvalue weighted by molar-refractivity contribution is 5.95. The van der Waals surface area contributed by atoms with E-state index in [1.807, 2.05) is 0 Å². The van der Waals surface area contributed by atoms with Crippen molar-refractivity contribution >= 4 is 24.0 Å². The molecule has 1 aromatic carbocycles. The third-order valence-corrected chi connectivity index (χ3v) is 3.03. The smallest absolute Gasteiger partial charge is 0.273 e. The van der Waals surface area contributed by atoms with Gasteiger partial charge in [-0.15, -0.1) is 12.4 Å². The van der Waals surface area contributed by atoms with Crippen LogP contribution in [0.15, 0.2) is 18.2 Å². The number of nitro groups is 1. The van der Waals surface area contributed by atoms with E-state index in [0.29, 0.717) is 0 Å². The first kappa shape index (κ1) is 16.3. The average Bonchev–Trinajstić information content (AvgIpc) is 2.39. The van der Waals surface area contributed by atoms with E-state index in [4.69, 9.17) is 0 Å². The Morgan fingerprint density at radius 2 is 2.00 bits per heavy atom. The zero-order valence-corrected chi connectivity index (χ0v) is 11.4. The largest absolute Gasteiger partial charge is 0.349 e. The highest BCUT2D eigenvalue weighted by Crippen LogP contribution is 2.16. The number of piperidine rings is 1. The fourth-order valence-corrected chi connectivity index (χ4v) is 2.05. The summed E-state index contributed by atoms with van der Waals surface area (Å²) < 4.78 is 13.2. The monoisotopic (exact) mass is 303 g/mol. The molecule has 1 heterocycles. The molecule has 0 aliphatic carbocycles. The number of non-ortho nitro benzene ring substituents is 1. The first-order valence-corrected chi connectivity index (χ1v) is 6.03. The van der Waals surface area contributed by atoms with Crippen molar-refractivity contribution in [2.45, 2.75) is 18.9 Å². The van der Waals surface area contributed by atoms with Gasteiger partial charge in [-0.25, -0.2) is 4.39 Å². The average molecular weight is 304 g/mol. The molecule has 0 aromatic heterocycles. The van der Waals surface area contributed by atoms with Gasteiger partial charge in [0.2, 0.25) is 0 Å². The summed E-state index contributed by atoms with van der Waals surface area (Å²) in [7, 11) is 0. The van der Waals surface area contributed by atoms with Crippen molar-refractivity contribution in [1.82, 2.24) is 10.6 Å². The van der Waals surface area contributed by atoms with Gasteiger partial charge in [0.05, 0.1) is 11.0 Å². The summed E-state index contributed by atoms with van der Waals surface area (Å²) in [5.41, 5.74) is -0.444. The van der Waals surface area contributed by atoms with E-state index in [2.05, 4.69) is 10.6 Å². The predicted molar refractivity (Wildman–Crippen MR) is 73.7 cm³/mol. The van der Waals surface area contributed by atoms with Crippen LogP contribution < -0.4 is 10.6 Å². The minimum absolute atomic E-state index is 0. The van der Waals surface area contributed by atoms with Crippen LogP contribution in [0.25, 0.3) is 0 Å². The lowest BCUT2D eigenvalue weighted by molar-refractivity contribution is -0.385. The zero-order valence-electron chi connectivity index (χ0n) is 10.6. The van der Waals surface area contributed by atoms with E-state index in [0.717, 1.165) is 44.1 Å². The van der Waals surface area contributed by atoms with Crippen LogP contribution in [-0.4, -0.2) is 30.0 Å². The molecule has 1 fully saturated rings. The molecule has 1 aliphatic heterocycles. The molecular weight excluding hydrogens is 289 g/mol. The summed E-state index contributed by atoms with van der Waals surface area (Å²) in [5, 5.41) is 16.5. The molecule has 1 aromatic rings. The molecule has 0 saturated carbocycles. The van der Waals surface area contributed by atoms with Crippen molar-refractivity contribution < 1.29 is 14.1 Å². The molecule has 0 bridgehead atoms. The number of hydrogen-bond acceptors (Lipinski definition) is 4. The summed E-state index contributed by atoms with van der Waals surface area (Å²) >= 11 is 0. The number of nitro benzene ring substituents is 1. The molecular formula is C12H15ClFN3O3. The number of hydrogen-bond donors (Lipinski definition) is 2. The number of carbonyl (C=O) groups is 1. The molecule has 1 aliphatic rings. The third-order valence-electron chi connectivity index (χ3n) is 3.03. The van der Waals surface area contributed by atoms with Gasteiger partial charge in [-0.3, -0.25) is 14.9 Å². The van der Waals surface area contributed by atoms with E-state index >= 15 is 0 Å². The third kappa shape index (κ3) is 4.14. The van der Waals surface area contributed by atoms with Crippen molar-refractivity contribution in [2.24, 2.45) is 0 Å². The van der Waals surface area contributed by atoms with Gasteiger partial charge in [-0.05, 0) is 32.0 Å². The van der Waals surface area contributed by atoms with E-state index in [9.17, 15) is 19.3 Å². The van der Waals surface area contributed by atoms with Gasteiger partial charge in [-0.1, -0.05) is 0 Å². The number of carbonyl (C=O) groups excluding carboxylic acids is 1. The summed E-state index contributed by atoms with van der Waals surface area (Å²) in [6.45, 7) is 1.63. The molecule has 2 rings (SSSR count). The standard InChI is InChI=1S/C12H14FN3O3.ClH/c13-9-5-8(6-11(7-9)16(18)19)12(17)15-10-1-3-14-4-2-10;/h5-7,10,14H,1-4H2,(H,15,17);1H. The number of nitrogens with one attached hydrogen (secondary N) is 2. The van der Waals surface area contributed by atoms with E-state index in [-0.39, 0.29) is 24.0 Å². The Balaban J connectivity index is 0.00000200. The van der Waals surface area contributed by atoms with Crippen molar-refractivity contribution in [3.8, 4) is 0 Å². The first-order chi connectivity index (χ1) is 9.06. The molecule has 110 valence electrons. The Morgan fingerprint density at radius 3 is 2.60 bits per heavy atom. The van der Waals surface area contributed by atoms with Crippen LogP contribution in [0.4, 0.5) is 10.1 Å². The minimum atomic E-state index is -0.787. The maximum absolute atomic E-state index is 13.2. The Labute approximate surface area is 121 Å². The molecule has 2 N–H and O–H groups in total. The molecule has 1 amide bonds. The molecule has 20 heavy (non-hydrogen) atoms. The fraction of sp³-hybridized carbons (Fsp3) is 0.417. The van der Waals surface area contributed by atoms with Crippen molar-refractivity contribution in [3.05, 3.63) is 39.7 Å². The normalized spacial score (nSPS) is 15.2. The second kappa shape index (κ2) is 7.16. The molecule has 0 radical (unpaired) electrons. The van der Waals surface area contributed by atoms with Crippen LogP contribution in [0, 0.1) is 15.9 Å². The maximum atomic E-state index is 13.2. The van der Waals surface area contributed by atoms with Crippen LogP contribution in [0.5, 0.6) is 0 Å². The van der Waals surface area contributed by atoms with Gasteiger partial charge in [0.25, 0.3) is 11.6 Å². The lowest BCUT2D eigenvalue weighted by Crippen LogP contribution is -2.42. The topological polar surface area (TPSA) is 84.3 Å². The Bertz CT molecular complexity index is 507. The van der Waals surface area contributed by atoms with Gasteiger partial charge < -0.3 is 10.6 Å². The number of amides is 1. The Kier molecular flexibility index (Phi) is 5.84. The molecule has 6 nitrogen and oxygen atoms in total. The fourth-order valence-electron chi connectivity index (χ4n) is 2.05. The number of nitrogens with zero attached hydrogens (tertiary/aromatic N) is 1. The Hall–Kier alpha value is -1.73. The van der Waals surface area contributed by atoms with Crippen LogP contribution in [-0.2, 0) is 0 Å². The molecule has 1 saturated heterocycles.